The lowest BCUT2D eigenvalue weighted by Gasteiger charge is -2.17. The number of thiazole rings is 1. The first-order valence-electron chi connectivity index (χ1n) is 10.3. The van der Waals surface area contributed by atoms with E-state index in [1.165, 1.54) is 11.3 Å². The minimum Gasteiger partial charge on any atom is -0.384 e. The second-order valence-electron chi connectivity index (χ2n) is 7.49. The summed E-state index contributed by atoms with van der Waals surface area (Å²) in [6, 6.07) is 15.1. The summed E-state index contributed by atoms with van der Waals surface area (Å²) in [5, 5.41) is 9.02. The van der Waals surface area contributed by atoms with Crippen molar-refractivity contribution in [2.45, 2.75) is 25.3 Å². The summed E-state index contributed by atoms with van der Waals surface area (Å²) in [6.45, 7) is 0.897. The molecule has 1 aliphatic heterocycles. The number of carbonyl (C=O) groups is 2. The van der Waals surface area contributed by atoms with Gasteiger partial charge in [0.15, 0.2) is 5.78 Å². The molecule has 7 heteroatoms. The molecular formula is C24H25N3O2S2. The van der Waals surface area contributed by atoms with E-state index < -0.39 is 6.04 Å². The Kier molecular flexibility index (Phi) is 7.04. The van der Waals surface area contributed by atoms with Gasteiger partial charge >= 0.3 is 0 Å². The monoisotopic (exact) mass is 451 g/mol. The fourth-order valence-electron chi connectivity index (χ4n) is 3.64. The summed E-state index contributed by atoms with van der Waals surface area (Å²) in [5.74, 6) is 0.607. The molecule has 4 rings (SSSR count). The van der Waals surface area contributed by atoms with Gasteiger partial charge in [-0.3, -0.25) is 9.59 Å². The van der Waals surface area contributed by atoms with Crippen LogP contribution >= 0.6 is 23.1 Å². The summed E-state index contributed by atoms with van der Waals surface area (Å²) in [5.41, 5.74) is 4.76. The smallest absolute Gasteiger partial charge is 0.251 e. The molecule has 2 aromatic carbocycles. The zero-order valence-corrected chi connectivity index (χ0v) is 19.0. The van der Waals surface area contributed by atoms with Gasteiger partial charge in [-0.1, -0.05) is 30.3 Å². The van der Waals surface area contributed by atoms with Gasteiger partial charge in [-0.15, -0.1) is 11.3 Å². The number of nitrogens with zero attached hydrogens (tertiary/aromatic N) is 1. The quantitative estimate of drug-likeness (QED) is 0.503. The minimum absolute atomic E-state index is 0.000752. The number of rotatable bonds is 9. The van der Waals surface area contributed by atoms with E-state index in [-0.39, 0.29) is 18.1 Å². The predicted molar refractivity (Wildman–Crippen MR) is 129 cm³/mol. The fourth-order valence-corrected chi connectivity index (χ4v) is 4.93. The maximum Gasteiger partial charge on any atom is 0.251 e. The Labute approximate surface area is 190 Å². The Hall–Kier alpha value is -2.64. The molecule has 0 aliphatic carbocycles. The highest BCUT2D eigenvalue weighted by atomic mass is 32.2. The molecule has 1 aliphatic rings. The third-order valence-corrected chi connectivity index (χ3v) is 6.82. The largest absolute Gasteiger partial charge is 0.384 e. The first-order valence-corrected chi connectivity index (χ1v) is 12.6. The predicted octanol–water partition coefficient (Wildman–Crippen LogP) is 4.44. The SMILES string of the molecule is CSCC[C@H](NC(=O)c1ccc2c(c1)CCN2)C(=O)Cc1nc(-c2ccccc2)cs1. The fraction of sp³-hybridized carbons (Fsp3) is 0.292. The number of hydrogen-bond donors (Lipinski definition) is 2. The molecule has 0 unspecified atom stereocenters. The number of hydrogen-bond acceptors (Lipinski definition) is 6. The van der Waals surface area contributed by atoms with Crippen molar-refractivity contribution < 1.29 is 9.59 Å². The maximum absolute atomic E-state index is 13.1. The van der Waals surface area contributed by atoms with E-state index >= 15 is 0 Å². The van der Waals surface area contributed by atoms with E-state index in [0.29, 0.717) is 12.0 Å². The zero-order valence-electron chi connectivity index (χ0n) is 17.4. The number of carbonyl (C=O) groups excluding carboxylic acids is 2. The molecule has 0 spiro atoms. The van der Waals surface area contributed by atoms with Gasteiger partial charge in [-0.05, 0) is 48.6 Å². The highest BCUT2D eigenvalue weighted by Gasteiger charge is 2.23. The third-order valence-electron chi connectivity index (χ3n) is 5.33. The molecule has 3 aromatic rings. The Balaban J connectivity index is 1.44. The maximum atomic E-state index is 13.1. The van der Waals surface area contributed by atoms with Crippen LogP contribution < -0.4 is 10.6 Å². The van der Waals surface area contributed by atoms with E-state index in [1.54, 1.807) is 11.8 Å². The molecule has 0 saturated heterocycles. The molecule has 0 radical (unpaired) electrons. The Morgan fingerprint density at radius 3 is 2.87 bits per heavy atom. The Morgan fingerprint density at radius 1 is 1.23 bits per heavy atom. The van der Waals surface area contributed by atoms with Crippen molar-refractivity contribution in [1.82, 2.24) is 10.3 Å². The molecule has 160 valence electrons. The molecule has 2 heterocycles. The van der Waals surface area contributed by atoms with Gasteiger partial charge in [0.05, 0.1) is 18.2 Å². The Morgan fingerprint density at radius 2 is 2.06 bits per heavy atom. The average Bonchev–Trinajstić information content (AvgIpc) is 3.46. The van der Waals surface area contributed by atoms with Crippen LogP contribution in [0.25, 0.3) is 11.3 Å². The van der Waals surface area contributed by atoms with Crippen LogP contribution in [0.3, 0.4) is 0 Å². The van der Waals surface area contributed by atoms with Crippen LogP contribution in [0.2, 0.25) is 0 Å². The van der Waals surface area contributed by atoms with Crippen molar-refractivity contribution in [2.24, 2.45) is 0 Å². The van der Waals surface area contributed by atoms with Gasteiger partial charge in [0, 0.05) is 28.7 Å². The van der Waals surface area contributed by atoms with Crippen molar-refractivity contribution in [3.63, 3.8) is 0 Å². The summed E-state index contributed by atoms with van der Waals surface area (Å²) < 4.78 is 0. The summed E-state index contributed by atoms with van der Waals surface area (Å²) >= 11 is 3.16. The van der Waals surface area contributed by atoms with Crippen molar-refractivity contribution in [2.75, 3.05) is 23.9 Å². The molecule has 2 N–H and O–H groups in total. The number of nitrogens with one attached hydrogen (secondary N) is 2. The number of thioether (sulfide) groups is 1. The highest BCUT2D eigenvalue weighted by Crippen LogP contribution is 2.24. The topological polar surface area (TPSA) is 71.1 Å². The number of aromatic nitrogens is 1. The molecule has 1 amide bonds. The van der Waals surface area contributed by atoms with Crippen molar-refractivity contribution >= 4 is 40.5 Å². The number of amides is 1. The number of anilines is 1. The minimum atomic E-state index is -0.518. The van der Waals surface area contributed by atoms with Crippen LogP contribution in [0.1, 0.15) is 27.3 Å². The average molecular weight is 452 g/mol. The van der Waals surface area contributed by atoms with Crippen molar-refractivity contribution in [1.29, 1.82) is 0 Å². The molecular weight excluding hydrogens is 426 g/mol. The lowest BCUT2D eigenvalue weighted by molar-refractivity contribution is -0.120. The van der Waals surface area contributed by atoms with E-state index in [1.807, 2.05) is 60.2 Å². The first kappa shape index (κ1) is 21.6. The molecule has 0 fully saturated rings. The van der Waals surface area contributed by atoms with Crippen LogP contribution in [0, 0.1) is 0 Å². The van der Waals surface area contributed by atoms with Crippen molar-refractivity contribution in [3.05, 3.63) is 70.0 Å². The second-order valence-corrected chi connectivity index (χ2v) is 9.42. The molecule has 1 atom stereocenters. The molecule has 0 bridgehead atoms. The van der Waals surface area contributed by atoms with Crippen LogP contribution in [-0.4, -0.2) is 41.3 Å². The summed E-state index contributed by atoms with van der Waals surface area (Å²) in [6.07, 6.45) is 3.75. The van der Waals surface area contributed by atoms with Gasteiger partial charge < -0.3 is 10.6 Å². The molecule has 5 nitrogen and oxygen atoms in total. The van der Waals surface area contributed by atoms with Gasteiger partial charge in [-0.25, -0.2) is 4.98 Å². The molecule has 0 saturated carbocycles. The Bertz CT molecular complexity index is 1070. The zero-order chi connectivity index (χ0) is 21.6. The van der Waals surface area contributed by atoms with E-state index in [9.17, 15) is 9.59 Å². The lowest BCUT2D eigenvalue weighted by atomic mass is 10.0. The highest BCUT2D eigenvalue weighted by molar-refractivity contribution is 7.98. The van der Waals surface area contributed by atoms with Crippen molar-refractivity contribution in [3.8, 4) is 11.3 Å². The van der Waals surface area contributed by atoms with E-state index in [0.717, 1.165) is 46.2 Å². The molecule has 1 aromatic heterocycles. The lowest BCUT2D eigenvalue weighted by Crippen LogP contribution is -2.42. The number of Topliss-reactive ketones (excluding diaryl/α,β-unsaturated/α-hetero) is 1. The number of fused-ring (bicyclic) bond motifs is 1. The van der Waals surface area contributed by atoms with Gasteiger partial charge in [0.1, 0.15) is 5.01 Å². The van der Waals surface area contributed by atoms with E-state index in [4.69, 9.17) is 0 Å². The molecule has 31 heavy (non-hydrogen) atoms. The summed E-state index contributed by atoms with van der Waals surface area (Å²) in [4.78, 5) is 30.5. The van der Waals surface area contributed by atoms with Crippen LogP contribution in [0.4, 0.5) is 5.69 Å². The van der Waals surface area contributed by atoms with Gasteiger partial charge in [-0.2, -0.15) is 11.8 Å². The van der Waals surface area contributed by atoms with Crippen LogP contribution in [-0.2, 0) is 17.6 Å². The van der Waals surface area contributed by atoms with Crippen LogP contribution in [0.5, 0.6) is 0 Å². The van der Waals surface area contributed by atoms with Gasteiger partial charge in [0.25, 0.3) is 5.91 Å². The standard InChI is InChI=1S/C24H25N3O2S2/c1-30-12-10-20(27-24(29)18-7-8-19-17(13-18)9-11-25-19)22(28)14-23-26-21(15-31-23)16-5-3-2-4-6-16/h2-8,13,15,20,25H,9-12,14H2,1H3,(H,27,29)/t20-/m0/s1. The first-order chi connectivity index (χ1) is 15.1. The summed E-state index contributed by atoms with van der Waals surface area (Å²) in [7, 11) is 0. The van der Waals surface area contributed by atoms with Crippen LogP contribution in [0.15, 0.2) is 53.9 Å². The van der Waals surface area contributed by atoms with Gasteiger partial charge in [0.2, 0.25) is 0 Å². The number of ketones is 1. The third kappa shape index (κ3) is 5.35. The normalized spacial score (nSPS) is 13.3. The van der Waals surface area contributed by atoms with E-state index in [2.05, 4.69) is 15.6 Å². The number of benzene rings is 2. The second kappa shape index (κ2) is 10.1.